The Balaban J connectivity index is 2.38. The van der Waals surface area contributed by atoms with Crippen LogP contribution in [0, 0.1) is 0 Å². The van der Waals surface area contributed by atoms with Crippen molar-refractivity contribution in [3.63, 3.8) is 0 Å². The predicted octanol–water partition coefficient (Wildman–Crippen LogP) is 3.03. The van der Waals surface area contributed by atoms with Crippen LogP contribution in [0.3, 0.4) is 0 Å². The lowest BCUT2D eigenvalue weighted by molar-refractivity contribution is 0.0697. The van der Waals surface area contributed by atoms with Gasteiger partial charge in [0, 0.05) is 5.69 Å². The fraction of sp³-hybridized carbons (Fsp3) is 0.133. The number of carboxylic acid groups (broad SMARTS) is 1. The van der Waals surface area contributed by atoms with Crippen LogP contribution in [0.4, 0.5) is 5.69 Å². The molecule has 0 aliphatic rings. The van der Waals surface area contributed by atoms with Crippen LogP contribution in [0.5, 0.6) is 5.75 Å². The van der Waals surface area contributed by atoms with Crippen molar-refractivity contribution < 1.29 is 14.6 Å². The van der Waals surface area contributed by atoms with Crippen LogP contribution in [0.2, 0.25) is 0 Å². The first kappa shape index (κ1) is 13.0. The number of ether oxygens (including phenoxy) is 1. The highest BCUT2D eigenvalue weighted by atomic mass is 16.5. The molecule has 0 fully saturated rings. The molecular formula is C15H15NO3. The van der Waals surface area contributed by atoms with Crippen LogP contribution in [0.1, 0.15) is 17.3 Å². The van der Waals surface area contributed by atoms with E-state index >= 15 is 0 Å². The third-order valence-corrected chi connectivity index (χ3v) is 2.70. The first-order chi connectivity index (χ1) is 9.10. The fourth-order valence-electron chi connectivity index (χ4n) is 1.85. The maximum Gasteiger partial charge on any atom is 0.335 e. The largest absolute Gasteiger partial charge is 0.494 e. The van der Waals surface area contributed by atoms with E-state index in [1.165, 1.54) is 6.07 Å². The summed E-state index contributed by atoms with van der Waals surface area (Å²) in [5, 5.41) is 9.02. The van der Waals surface area contributed by atoms with E-state index in [-0.39, 0.29) is 5.56 Å². The Labute approximate surface area is 111 Å². The summed E-state index contributed by atoms with van der Waals surface area (Å²) in [7, 11) is 0. The van der Waals surface area contributed by atoms with Crippen LogP contribution >= 0.6 is 0 Å². The molecule has 0 saturated carbocycles. The van der Waals surface area contributed by atoms with E-state index in [9.17, 15) is 4.79 Å². The van der Waals surface area contributed by atoms with Gasteiger partial charge in [-0.3, -0.25) is 0 Å². The van der Waals surface area contributed by atoms with Crippen LogP contribution in [-0.4, -0.2) is 17.7 Å². The molecule has 3 N–H and O–H groups in total. The van der Waals surface area contributed by atoms with E-state index in [1.54, 1.807) is 12.1 Å². The quantitative estimate of drug-likeness (QED) is 0.826. The van der Waals surface area contributed by atoms with Crippen molar-refractivity contribution in [1.29, 1.82) is 0 Å². The number of nitrogen functional groups attached to an aromatic ring is 1. The zero-order chi connectivity index (χ0) is 13.8. The lowest BCUT2D eigenvalue weighted by Gasteiger charge is -2.07. The average Bonchev–Trinajstić information content (AvgIpc) is 2.39. The molecule has 0 radical (unpaired) electrons. The van der Waals surface area contributed by atoms with E-state index in [4.69, 9.17) is 15.6 Å². The molecule has 19 heavy (non-hydrogen) atoms. The molecule has 0 atom stereocenters. The van der Waals surface area contributed by atoms with Crippen LogP contribution in [-0.2, 0) is 0 Å². The molecule has 4 nitrogen and oxygen atoms in total. The van der Waals surface area contributed by atoms with Crippen molar-refractivity contribution in [3.05, 3.63) is 48.0 Å². The Hall–Kier alpha value is -2.49. The molecule has 4 heteroatoms. The molecule has 0 amide bonds. The van der Waals surface area contributed by atoms with Gasteiger partial charge in [-0.2, -0.15) is 0 Å². The lowest BCUT2D eigenvalue weighted by atomic mass is 10.0. The normalized spacial score (nSPS) is 10.2. The molecule has 2 aromatic carbocycles. The standard InChI is InChI=1S/C15H15NO3/c1-2-19-14-5-3-10(4-6-14)11-7-12(15(17)18)9-13(16)8-11/h3-9H,2,16H2,1H3,(H,17,18). The third kappa shape index (κ3) is 3.04. The summed E-state index contributed by atoms with van der Waals surface area (Å²) in [5.74, 6) is -0.201. The minimum atomic E-state index is -0.987. The zero-order valence-corrected chi connectivity index (χ0v) is 10.6. The number of nitrogens with two attached hydrogens (primary N) is 1. The summed E-state index contributed by atoms with van der Waals surface area (Å²) in [5.41, 5.74) is 8.02. The highest BCUT2D eigenvalue weighted by molar-refractivity contribution is 5.91. The Morgan fingerprint density at radius 3 is 2.42 bits per heavy atom. The highest BCUT2D eigenvalue weighted by Crippen LogP contribution is 2.25. The summed E-state index contributed by atoms with van der Waals surface area (Å²) in [6.07, 6.45) is 0. The van der Waals surface area contributed by atoms with Crippen LogP contribution in [0.25, 0.3) is 11.1 Å². The van der Waals surface area contributed by atoms with Crippen LogP contribution in [0.15, 0.2) is 42.5 Å². The van der Waals surface area contributed by atoms with Gasteiger partial charge in [0.05, 0.1) is 12.2 Å². The van der Waals surface area contributed by atoms with Crippen molar-refractivity contribution in [3.8, 4) is 16.9 Å². The van der Waals surface area contributed by atoms with Gasteiger partial charge in [-0.15, -0.1) is 0 Å². The number of rotatable bonds is 4. The number of hydrogen-bond donors (Lipinski definition) is 2. The van der Waals surface area contributed by atoms with Gasteiger partial charge in [0.1, 0.15) is 5.75 Å². The van der Waals surface area contributed by atoms with Gasteiger partial charge in [0.15, 0.2) is 0 Å². The van der Waals surface area contributed by atoms with Gasteiger partial charge < -0.3 is 15.6 Å². The molecule has 0 aromatic heterocycles. The van der Waals surface area contributed by atoms with E-state index in [0.717, 1.165) is 16.9 Å². The highest BCUT2D eigenvalue weighted by Gasteiger charge is 2.07. The number of hydrogen-bond acceptors (Lipinski definition) is 3. The second-order valence-corrected chi connectivity index (χ2v) is 4.11. The minimum Gasteiger partial charge on any atom is -0.494 e. The summed E-state index contributed by atoms with van der Waals surface area (Å²) < 4.78 is 5.36. The number of anilines is 1. The van der Waals surface area contributed by atoms with E-state index in [2.05, 4.69) is 0 Å². The number of carbonyl (C=O) groups is 1. The molecule has 0 heterocycles. The summed E-state index contributed by atoms with van der Waals surface area (Å²) in [6.45, 7) is 2.53. The maximum absolute atomic E-state index is 11.0. The monoisotopic (exact) mass is 257 g/mol. The van der Waals surface area contributed by atoms with Gasteiger partial charge in [-0.25, -0.2) is 4.79 Å². The van der Waals surface area contributed by atoms with Gasteiger partial charge in [0.2, 0.25) is 0 Å². The molecule has 0 unspecified atom stereocenters. The lowest BCUT2D eigenvalue weighted by Crippen LogP contribution is -1.98. The van der Waals surface area contributed by atoms with Crippen LogP contribution < -0.4 is 10.5 Å². The first-order valence-corrected chi connectivity index (χ1v) is 5.97. The topological polar surface area (TPSA) is 72.5 Å². The minimum absolute atomic E-state index is 0.184. The number of aromatic carboxylic acids is 1. The molecule has 0 saturated heterocycles. The SMILES string of the molecule is CCOc1ccc(-c2cc(N)cc(C(=O)O)c2)cc1. The number of benzene rings is 2. The Morgan fingerprint density at radius 2 is 1.84 bits per heavy atom. The second kappa shape index (κ2) is 5.44. The maximum atomic E-state index is 11.0. The first-order valence-electron chi connectivity index (χ1n) is 5.97. The van der Waals surface area contributed by atoms with E-state index in [1.807, 2.05) is 31.2 Å². The Morgan fingerprint density at radius 1 is 1.16 bits per heavy atom. The fourth-order valence-corrected chi connectivity index (χ4v) is 1.85. The smallest absolute Gasteiger partial charge is 0.335 e. The summed E-state index contributed by atoms with van der Waals surface area (Å²) in [4.78, 5) is 11.0. The average molecular weight is 257 g/mol. The van der Waals surface area contributed by atoms with Gasteiger partial charge in [0.25, 0.3) is 0 Å². The van der Waals surface area contributed by atoms with Crippen molar-refractivity contribution in [1.82, 2.24) is 0 Å². The zero-order valence-electron chi connectivity index (χ0n) is 10.6. The summed E-state index contributed by atoms with van der Waals surface area (Å²) >= 11 is 0. The third-order valence-electron chi connectivity index (χ3n) is 2.70. The molecule has 2 aromatic rings. The molecule has 0 aliphatic heterocycles. The van der Waals surface area contributed by atoms with Gasteiger partial charge >= 0.3 is 5.97 Å². The van der Waals surface area contributed by atoms with Crippen molar-refractivity contribution in [2.24, 2.45) is 0 Å². The van der Waals surface area contributed by atoms with Gasteiger partial charge in [-0.05, 0) is 48.4 Å². The Kier molecular flexibility index (Phi) is 3.71. The molecule has 2 rings (SSSR count). The van der Waals surface area contributed by atoms with Crippen molar-refractivity contribution in [2.75, 3.05) is 12.3 Å². The van der Waals surface area contributed by atoms with E-state index < -0.39 is 5.97 Å². The predicted molar refractivity (Wildman–Crippen MR) is 74.4 cm³/mol. The second-order valence-electron chi connectivity index (χ2n) is 4.11. The van der Waals surface area contributed by atoms with Gasteiger partial charge in [-0.1, -0.05) is 12.1 Å². The molecule has 0 bridgehead atoms. The van der Waals surface area contributed by atoms with E-state index in [0.29, 0.717) is 12.3 Å². The summed E-state index contributed by atoms with van der Waals surface area (Å²) in [6, 6.07) is 12.3. The van der Waals surface area contributed by atoms with Crippen molar-refractivity contribution >= 4 is 11.7 Å². The molecular weight excluding hydrogens is 242 g/mol. The molecule has 0 spiro atoms. The van der Waals surface area contributed by atoms with Crippen molar-refractivity contribution in [2.45, 2.75) is 6.92 Å². The Bertz CT molecular complexity index is 591. The molecule has 98 valence electrons. The number of carboxylic acids is 1. The molecule has 0 aliphatic carbocycles.